The zero-order valence-electron chi connectivity index (χ0n) is 13.0. The lowest BCUT2D eigenvalue weighted by molar-refractivity contribution is 0.108. The Balaban J connectivity index is 1.79. The summed E-state index contributed by atoms with van der Waals surface area (Å²) in [7, 11) is 0. The van der Waals surface area contributed by atoms with Gasteiger partial charge in [0.05, 0.1) is 18.8 Å². The van der Waals surface area contributed by atoms with E-state index < -0.39 is 0 Å². The van der Waals surface area contributed by atoms with Crippen LogP contribution < -0.4 is 5.32 Å². The molecule has 0 unspecified atom stereocenters. The first kappa shape index (κ1) is 15.8. The third-order valence-corrected chi connectivity index (χ3v) is 3.64. The van der Waals surface area contributed by atoms with Crippen molar-refractivity contribution in [3.05, 3.63) is 18.0 Å². The van der Waals surface area contributed by atoms with E-state index in [9.17, 15) is 4.79 Å². The van der Waals surface area contributed by atoms with Gasteiger partial charge in [-0.05, 0) is 25.2 Å². The van der Waals surface area contributed by atoms with E-state index in [1.807, 2.05) is 17.3 Å². The molecule has 0 radical (unpaired) electrons. The van der Waals surface area contributed by atoms with Gasteiger partial charge in [-0.3, -0.25) is 5.10 Å². The summed E-state index contributed by atoms with van der Waals surface area (Å²) in [5, 5.41) is 9.77. The topological polar surface area (TPSA) is 70.2 Å². The molecule has 2 rings (SSSR count). The minimum atomic E-state index is -0.00551. The van der Waals surface area contributed by atoms with Crippen LogP contribution in [0.5, 0.6) is 0 Å². The van der Waals surface area contributed by atoms with Crippen molar-refractivity contribution in [3.63, 3.8) is 0 Å². The highest BCUT2D eigenvalue weighted by Crippen LogP contribution is 2.30. The number of hydrogen-bond acceptors (Lipinski definition) is 3. The maximum atomic E-state index is 12.3. The Kier molecular flexibility index (Phi) is 6.04. The normalized spacial score (nSPS) is 19.0. The molecule has 1 aromatic heterocycles. The van der Waals surface area contributed by atoms with Gasteiger partial charge < -0.3 is 15.0 Å². The second kappa shape index (κ2) is 8.02. The number of likely N-dealkylation sites (tertiary alicyclic amines) is 1. The van der Waals surface area contributed by atoms with Gasteiger partial charge >= 0.3 is 6.03 Å². The van der Waals surface area contributed by atoms with Crippen LogP contribution in [-0.2, 0) is 4.74 Å². The second-order valence-corrected chi connectivity index (χ2v) is 5.94. The SMILES string of the molecule is CC(C)COCCNC(=O)N1CCCC[C@H]1c1cn[nH]c1. The van der Waals surface area contributed by atoms with Crippen molar-refractivity contribution in [2.24, 2.45) is 5.92 Å². The van der Waals surface area contributed by atoms with Gasteiger partial charge in [0.1, 0.15) is 0 Å². The number of urea groups is 1. The first-order valence-electron chi connectivity index (χ1n) is 7.79. The number of amides is 2. The molecule has 1 fully saturated rings. The maximum Gasteiger partial charge on any atom is 0.317 e. The fraction of sp³-hybridized carbons (Fsp3) is 0.733. The zero-order valence-corrected chi connectivity index (χ0v) is 13.0. The van der Waals surface area contributed by atoms with Crippen LogP contribution in [0.2, 0.25) is 0 Å². The van der Waals surface area contributed by atoms with Crippen molar-refractivity contribution in [3.8, 4) is 0 Å². The van der Waals surface area contributed by atoms with Crippen LogP contribution in [0.3, 0.4) is 0 Å². The molecule has 1 atom stereocenters. The molecule has 6 nitrogen and oxygen atoms in total. The van der Waals surface area contributed by atoms with Crippen LogP contribution >= 0.6 is 0 Å². The molecule has 2 N–H and O–H groups in total. The Hall–Kier alpha value is -1.56. The predicted octanol–water partition coefficient (Wildman–Crippen LogP) is 2.32. The van der Waals surface area contributed by atoms with Crippen molar-refractivity contribution in [1.29, 1.82) is 0 Å². The van der Waals surface area contributed by atoms with Gasteiger partial charge in [0.2, 0.25) is 0 Å². The van der Waals surface area contributed by atoms with E-state index >= 15 is 0 Å². The molecule has 0 aliphatic carbocycles. The van der Waals surface area contributed by atoms with E-state index in [2.05, 4.69) is 29.4 Å². The highest BCUT2D eigenvalue weighted by atomic mass is 16.5. The molecule has 21 heavy (non-hydrogen) atoms. The molecule has 0 saturated carbocycles. The summed E-state index contributed by atoms with van der Waals surface area (Å²) in [6.07, 6.45) is 6.89. The second-order valence-electron chi connectivity index (χ2n) is 5.94. The number of piperidine rings is 1. The number of rotatable bonds is 6. The van der Waals surface area contributed by atoms with Gasteiger partial charge in [0.15, 0.2) is 0 Å². The van der Waals surface area contributed by atoms with Crippen molar-refractivity contribution >= 4 is 6.03 Å². The number of hydrogen-bond donors (Lipinski definition) is 2. The third-order valence-electron chi connectivity index (χ3n) is 3.64. The number of aromatic nitrogens is 2. The molecule has 6 heteroatoms. The van der Waals surface area contributed by atoms with Gasteiger partial charge in [0.25, 0.3) is 0 Å². The Morgan fingerprint density at radius 3 is 3.14 bits per heavy atom. The van der Waals surface area contributed by atoms with Crippen molar-refractivity contribution < 1.29 is 9.53 Å². The first-order chi connectivity index (χ1) is 10.2. The maximum absolute atomic E-state index is 12.3. The summed E-state index contributed by atoms with van der Waals surface area (Å²) in [5.41, 5.74) is 1.08. The summed E-state index contributed by atoms with van der Waals surface area (Å²) in [4.78, 5) is 14.2. The first-order valence-corrected chi connectivity index (χ1v) is 7.79. The van der Waals surface area contributed by atoms with E-state index in [-0.39, 0.29) is 12.1 Å². The molecule has 1 aliphatic rings. The number of carbonyl (C=O) groups excluding carboxylic acids is 1. The van der Waals surface area contributed by atoms with E-state index in [0.717, 1.165) is 38.0 Å². The molecule has 0 bridgehead atoms. The predicted molar refractivity (Wildman–Crippen MR) is 80.9 cm³/mol. The van der Waals surface area contributed by atoms with Gasteiger partial charge in [0, 0.05) is 31.5 Å². The molecule has 1 aliphatic heterocycles. The van der Waals surface area contributed by atoms with Crippen molar-refractivity contribution in [2.75, 3.05) is 26.3 Å². The van der Waals surface area contributed by atoms with Gasteiger partial charge in [-0.15, -0.1) is 0 Å². The zero-order chi connectivity index (χ0) is 15.1. The molecule has 0 aromatic carbocycles. The fourth-order valence-corrected chi connectivity index (χ4v) is 2.62. The molecule has 2 amide bonds. The van der Waals surface area contributed by atoms with Crippen LogP contribution in [-0.4, -0.2) is 47.4 Å². The lowest BCUT2D eigenvalue weighted by Gasteiger charge is -2.35. The van der Waals surface area contributed by atoms with E-state index in [1.54, 1.807) is 0 Å². The number of ether oxygens (including phenoxy) is 1. The molecule has 2 heterocycles. The van der Waals surface area contributed by atoms with E-state index in [1.165, 1.54) is 0 Å². The fourth-order valence-electron chi connectivity index (χ4n) is 2.62. The quantitative estimate of drug-likeness (QED) is 0.791. The minimum Gasteiger partial charge on any atom is -0.379 e. The number of nitrogens with zero attached hydrogens (tertiary/aromatic N) is 2. The van der Waals surface area contributed by atoms with Crippen molar-refractivity contribution in [1.82, 2.24) is 20.4 Å². The van der Waals surface area contributed by atoms with Crippen LogP contribution in [0.1, 0.15) is 44.7 Å². The number of aromatic amines is 1. The van der Waals surface area contributed by atoms with Crippen LogP contribution in [0, 0.1) is 5.92 Å². The van der Waals surface area contributed by atoms with Gasteiger partial charge in [-0.2, -0.15) is 5.10 Å². The lowest BCUT2D eigenvalue weighted by Crippen LogP contribution is -2.45. The largest absolute Gasteiger partial charge is 0.379 e. The van der Waals surface area contributed by atoms with Gasteiger partial charge in [-0.25, -0.2) is 4.79 Å². The average Bonchev–Trinajstić information content (AvgIpc) is 3.00. The number of nitrogens with one attached hydrogen (secondary N) is 2. The summed E-state index contributed by atoms with van der Waals surface area (Å²) >= 11 is 0. The highest BCUT2D eigenvalue weighted by Gasteiger charge is 2.28. The van der Waals surface area contributed by atoms with E-state index in [0.29, 0.717) is 19.1 Å². The average molecular weight is 294 g/mol. The molecule has 1 aromatic rings. The van der Waals surface area contributed by atoms with Crippen LogP contribution in [0.25, 0.3) is 0 Å². The number of H-pyrrole nitrogens is 1. The molecular formula is C15H26N4O2. The summed E-state index contributed by atoms with van der Waals surface area (Å²) < 4.78 is 5.48. The highest BCUT2D eigenvalue weighted by molar-refractivity contribution is 5.74. The van der Waals surface area contributed by atoms with Crippen LogP contribution in [0.15, 0.2) is 12.4 Å². The monoisotopic (exact) mass is 294 g/mol. The van der Waals surface area contributed by atoms with E-state index in [4.69, 9.17) is 4.74 Å². The summed E-state index contributed by atoms with van der Waals surface area (Å²) in [5.74, 6) is 0.522. The Morgan fingerprint density at radius 2 is 2.43 bits per heavy atom. The van der Waals surface area contributed by atoms with Crippen LogP contribution in [0.4, 0.5) is 4.79 Å². The smallest absolute Gasteiger partial charge is 0.317 e. The van der Waals surface area contributed by atoms with Crippen molar-refractivity contribution in [2.45, 2.75) is 39.2 Å². The summed E-state index contributed by atoms with van der Waals surface area (Å²) in [6.45, 7) is 6.88. The third kappa shape index (κ3) is 4.74. The molecule has 0 spiro atoms. The van der Waals surface area contributed by atoms with Gasteiger partial charge in [-0.1, -0.05) is 13.8 Å². The molecular weight excluding hydrogens is 268 g/mol. The summed E-state index contributed by atoms with van der Waals surface area (Å²) in [6, 6.07) is 0.128. The standard InChI is InChI=1S/C15H26N4O2/c1-12(2)11-21-8-6-16-15(20)19-7-4-3-5-14(19)13-9-17-18-10-13/h9-10,12,14H,3-8,11H2,1-2H3,(H,16,20)(H,17,18)/t14-/m0/s1. The Labute approximate surface area is 126 Å². The minimum absolute atomic E-state index is 0.00551. The number of carbonyl (C=O) groups is 1. The molecule has 1 saturated heterocycles. The Bertz CT molecular complexity index is 419. The molecule has 118 valence electrons. The Morgan fingerprint density at radius 1 is 1.57 bits per heavy atom. The lowest BCUT2D eigenvalue weighted by atomic mass is 9.98.